The summed E-state index contributed by atoms with van der Waals surface area (Å²) in [5, 5.41) is 20.5. The van der Waals surface area contributed by atoms with E-state index in [9.17, 15) is 20.2 Å². The third-order valence-corrected chi connectivity index (χ3v) is 5.04. The van der Waals surface area contributed by atoms with Crippen molar-refractivity contribution in [1.29, 1.82) is 5.26 Å². The van der Waals surface area contributed by atoms with Gasteiger partial charge in [-0.15, -0.1) is 0 Å². The Hall–Kier alpha value is -3.40. The van der Waals surface area contributed by atoms with E-state index in [1.165, 1.54) is 0 Å². The SMILES string of the molecule is CC.CC(Cc1cc(C#N)c2c(c1)CCN2CCCOC(=O)c1ccccc1)[N+](=O)[O-]. The normalized spacial score (nSPS) is 12.8. The summed E-state index contributed by atoms with van der Waals surface area (Å²) in [5.74, 6) is -0.338. The van der Waals surface area contributed by atoms with Crippen LogP contribution in [0.5, 0.6) is 0 Å². The van der Waals surface area contributed by atoms with Crippen molar-refractivity contribution in [3.63, 3.8) is 0 Å². The van der Waals surface area contributed by atoms with Gasteiger partial charge >= 0.3 is 5.97 Å². The molecule has 0 aliphatic carbocycles. The van der Waals surface area contributed by atoms with Crippen LogP contribution in [-0.2, 0) is 17.6 Å². The molecular weight excluding hydrogens is 394 g/mol. The van der Waals surface area contributed by atoms with Crippen LogP contribution < -0.4 is 4.90 Å². The first-order valence-corrected chi connectivity index (χ1v) is 10.7. The van der Waals surface area contributed by atoms with Crippen LogP contribution >= 0.6 is 0 Å². The molecule has 31 heavy (non-hydrogen) atoms. The van der Waals surface area contributed by atoms with Gasteiger partial charge in [-0.25, -0.2) is 4.79 Å². The number of rotatable bonds is 8. The highest BCUT2D eigenvalue weighted by Crippen LogP contribution is 2.33. The van der Waals surface area contributed by atoms with E-state index in [0.29, 0.717) is 37.1 Å². The fourth-order valence-corrected chi connectivity index (χ4v) is 3.61. The van der Waals surface area contributed by atoms with Crippen molar-refractivity contribution in [2.45, 2.75) is 46.1 Å². The zero-order valence-corrected chi connectivity index (χ0v) is 18.3. The van der Waals surface area contributed by atoms with Crippen LogP contribution in [0.2, 0.25) is 0 Å². The van der Waals surface area contributed by atoms with Crippen molar-refractivity contribution in [1.82, 2.24) is 0 Å². The Labute approximate surface area is 183 Å². The first-order valence-electron chi connectivity index (χ1n) is 10.7. The van der Waals surface area contributed by atoms with Crippen LogP contribution in [0.4, 0.5) is 5.69 Å². The third kappa shape index (κ3) is 6.29. The minimum atomic E-state index is -0.684. The van der Waals surface area contributed by atoms with E-state index in [4.69, 9.17) is 4.74 Å². The molecule has 1 heterocycles. The maximum atomic E-state index is 12.0. The summed E-state index contributed by atoms with van der Waals surface area (Å²) in [6, 6.07) is 14.2. The van der Waals surface area contributed by atoms with Crippen molar-refractivity contribution in [2.75, 3.05) is 24.6 Å². The average Bonchev–Trinajstić information content (AvgIpc) is 3.20. The van der Waals surface area contributed by atoms with Gasteiger partial charge in [-0.3, -0.25) is 10.1 Å². The zero-order chi connectivity index (χ0) is 22.8. The van der Waals surface area contributed by atoms with E-state index >= 15 is 0 Å². The number of esters is 1. The van der Waals surface area contributed by atoms with Gasteiger partial charge in [0, 0.05) is 31.4 Å². The highest BCUT2D eigenvalue weighted by atomic mass is 16.6. The molecule has 164 valence electrons. The molecule has 0 bridgehead atoms. The summed E-state index contributed by atoms with van der Waals surface area (Å²) in [6.45, 7) is 7.33. The van der Waals surface area contributed by atoms with Gasteiger partial charge in [-0.2, -0.15) is 5.26 Å². The van der Waals surface area contributed by atoms with E-state index in [-0.39, 0.29) is 10.9 Å². The molecule has 2 aromatic rings. The van der Waals surface area contributed by atoms with E-state index in [1.54, 1.807) is 37.3 Å². The molecule has 0 radical (unpaired) electrons. The lowest BCUT2D eigenvalue weighted by atomic mass is 9.99. The largest absolute Gasteiger partial charge is 0.462 e. The standard InChI is InChI=1S/C22H23N3O4.C2H6/c1-16(25(27)28)12-17-13-19-8-10-24(21(19)20(14-17)15-23)9-5-11-29-22(26)18-6-3-2-4-7-18;1-2/h2-4,6-7,13-14,16H,5,8-12H2,1H3;1-2H3. The van der Waals surface area contributed by atoms with Crippen LogP contribution in [0.3, 0.4) is 0 Å². The molecule has 0 saturated heterocycles. The number of hydrogen-bond donors (Lipinski definition) is 0. The summed E-state index contributed by atoms with van der Waals surface area (Å²) in [4.78, 5) is 24.7. The molecule has 3 rings (SSSR count). The van der Waals surface area contributed by atoms with Crippen LogP contribution in [0.25, 0.3) is 0 Å². The monoisotopic (exact) mass is 423 g/mol. The Morgan fingerprint density at radius 1 is 1.29 bits per heavy atom. The predicted octanol–water partition coefficient (Wildman–Crippen LogP) is 4.40. The minimum absolute atomic E-state index is 0.303. The Morgan fingerprint density at radius 2 is 2.00 bits per heavy atom. The van der Waals surface area contributed by atoms with E-state index in [0.717, 1.165) is 29.8 Å². The highest BCUT2D eigenvalue weighted by molar-refractivity contribution is 5.89. The van der Waals surface area contributed by atoms with Crippen molar-refractivity contribution in [3.05, 3.63) is 74.8 Å². The van der Waals surface area contributed by atoms with Gasteiger partial charge in [-0.1, -0.05) is 38.1 Å². The number of benzene rings is 2. The number of nitriles is 1. The summed E-state index contributed by atoms with van der Waals surface area (Å²) in [7, 11) is 0. The fraction of sp³-hybridized carbons (Fsp3) is 0.417. The number of hydrogen-bond acceptors (Lipinski definition) is 6. The molecule has 7 heteroatoms. The topological polar surface area (TPSA) is 96.5 Å². The maximum absolute atomic E-state index is 12.0. The minimum Gasteiger partial charge on any atom is -0.462 e. The second-order valence-electron chi connectivity index (χ2n) is 7.19. The van der Waals surface area contributed by atoms with Gasteiger partial charge in [0.25, 0.3) is 0 Å². The smallest absolute Gasteiger partial charge is 0.338 e. The van der Waals surface area contributed by atoms with Crippen molar-refractivity contribution >= 4 is 11.7 Å². The quantitative estimate of drug-likeness (QED) is 0.270. The Morgan fingerprint density at radius 3 is 2.65 bits per heavy atom. The molecule has 0 aromatic heterocycles. The number of ether oxygens (including phenoxy) is 1. The Balaban J connectivity index is 0.00000166. The number of anilines is 1. The highest BCUT2D eigenvalue weighted by Gasteiger charge is 2.24. The molecule has 1 atom stereocenters. The molecule has 0 saturated carbocycles. The van der Waals surface area contributed by atoms with Crippen LogP contribution in [0.15, 0.2) is 42.5 Å². The van der Waals surface area contributed by atoms with E-state index in [1.807, 2.05) is 26.0 Å². The van der Waals surface area contributed by atoms with Crippen molar-refractivity contribution in [2.24, 2.45) is 0 Å². The molecule has 1 aliphatic rings. The Bertz CT molecular complexity index is 938. The number of nitrogens with zero attached hydrogens (tertiary/aromatic N) is 3. The second-order valence-corrected chi connectivity index (χ2v) is 7.19. The summed E-state index contributed by atoms with van der Waals surface area (Å²) in [6.07, 6.45) is 1.77. The lowest BCUT2D eigenvalue weighted by Crippen LogP contribution is -2.24. The lowest BCUT2D eigenvalue weighted by Gasteiger charge is -2.21. The summed E-state index contributed by atoms with van der Waals surface area (Å²) in [5.41, 5.74) is 3.85. The molecule has 0 amide bonds. The molecule has 7 nitrogen and oxygen atoms in total. The van der Waals surface area contributed by atoms with Gasteiger partial charge in [0.05, 0.1) is 23.4 Å². The first-order chi connectivity index (χ1) is 15.0. The van der Waals surface area contributed by atoms with E-state index in [2.05, 4.69) is 11.0 Å². The molecule has 1 unspecified atom stereocenters. The Kier molecular flexibility index (Phi) is 9.01. The molecule has 0 fully saturated rings. The van der Waals surface area contributed by atoms with Crippen LogP contribution in [0.1, 0.15) is 54.2 Å². The third-order valence-electron chi connectivity index (χ3n) is 5.04. The second kappa shape index (κ2) is 11.7. The first kappa shape index (κ1) is 23.9. The van der Waals surface area contributed by atoms with Gasteiger partial charge < -0.3 is 9.64 Å². The van der Waals surface area contributed by atoms with Gasteiger partial charge in [0.2, 0.25) is 6.04 Å². The molecule has 1 aliphatic heterocycles. The lowest BCUT2D eigenvalue weighted by molar-refractivity contribution is -0.517. The number of nitro groups is 1. The number of fused-ring (bicyclic) bond motifs is 1. The number of carbonyl (C=O) groups is 1. The molecular formula is C24H29N3O4. The zero-order valence-electron chi connectivity index (χ0n) is 18.3. The molecule has 2 aromatic carbocycles. The van der Waals surface area contributed by atoms with Crippen molar-refractivity contribution < 1.29 is 14.5 Å². The summed E-state index contributed by atoms with van der Waals surface area (Å²) >= 11 is 0. The van der Waals surface area contributed by atoms with Crippen LogP contribution in [0, 0.1) is 21.4 Å². The van der Waals surface area contributed by atoms with Crippen LogP contribution in [-0.4, -0.2) is 36.6 Å². The number of carbonyl (C=O) groups excluding carboxylic acids is 1. The summed E-state index contributed by atoms with van der Waals surface area (Å²) < 4.78 is 5.32. The van der Waals surface area contributed by atoms with Crippen molar-refractivity contribution in [3.8, 4) is 6.07 Å². The maximum Gasteiger partial charge on any atom is 0.338 e. The molecule has 0 N–H and O–H groups in total. The molecule has 0 spiro atoms. The van der Waals surface area contributed by atoms with Gasteiger partial charge in [0.1, 0.15) is 6.07 Å². The fourth-order valence-electron chi connectivity index (χ4n) is 3.61. The predicted molar refractivity (Wildman–Crippen MR) is 120 cm³/mol. The van der Waals surface area contributed by atoms with Gasteiger partial charge in [-0.05, 0) is 42.2 Å². The average molecular weight is 424 g/mol. The van der Waals surface area contributed by atoms with E-state index < -0.39 is 6.04 Å². The van der Waals surface area contributed by atoms with Gasteiger partial charge in [0.15, 0.2) is 0 Å².